The molecule has 102 valence electrons. The Morgan fingerprint density at radius 3 is 2.45 bits per heavy atom. The minimum Gasteiger partial charge on any atom is -0.327 e. The molecule has 7 heteroatoms. The van der Waals surface area contributed by atoms with Gasteiger partial charge in [0.15, 0.2) is 0 Å². The minimum atomic E-state index is -3.75. The molecule has 0 saturated heterocycles. The SMILES string of the molecule is O=S(=O)(Nc1ccc(Cl)cc1)c1nc2ccccc2[nH]1. The molecule has 0 aliphatic heterocycles. The fraction of sp³-hybridized carbons (Fsp3) is 0. The Morgan fingerprint density at radius 1 is 1.05 bits per heavy atom. The molecule has 0 amide bonds. The summed E-state index contributed by atoms with van der Waals surface area (Å²) in [6, 6.07) is 13.5. The van der Waals surface area contributed by atoms with Crippen LogP contribution >= 0.6 is 11.6 Å². The minimum absolute atomic E-state index is 0.117. The number of fused-ring (bicyclic) bond motifs is 1. The fourth-order valence-electron chi connectivity index (χ4n) is 1.78. The van der Waals surface area contributed by atoms with Crippen LogP contribution < -0.4 is 4.72 Å². The monoisotopic (exact) mass is 307 g/mol. The molecule has 2 aromatic carbocycles. The number of benzene rings is 2. The Labute approximate surface area is 120 Å². The van der Waals surface area contributed by atoms with Crippen LogP contribution in [0.2, 0.25) is 5.02 Å². The molecule has 0 fully saturated rings. The van der Waals surface area contributed by atoms with Crippen molar-refractivity contribution in [2.45, 2.75) is 5.16 Å². The van der Waals surface area contributed by atoms with E-state index in [1.807, 2.05) is 6.07 Å². The predicted molar refractivity (Wildman–Crippen MR) is 78.4 cm³/mol. The molecule has 20 heavy (non-hydrogen) atoms. The van der Waals surface area contributed by atoms with Crippen molar-refractivity contribution in [2.75, 3.05) is 4.72 Å². The summed E-state index contributed by atoms with van der Waals surface area (Å²) >= 11 is 5.76. The molecule has 0 aliphatic rings. The molecule has 1 heterocycles. The van der Waals surface area contributed by atoms with Crippen LogP contribution in [0.15, 0.2) is 53.7 Å². The van der Waals surface area contributed by atoms with Crippen LogP contribution in [-0.4, -0.2) is 18.4 Å². The summed E-state index contributed by atoms with van der Waals surface area (Å²) in [4.78, 5) is 6.85. The van der Waals surface area contributed by atoms with Crippen LogP contribution in [0.3, 0.4) is 0 Å². The van der Waals surface area contributed by atoms with Crippen molar-refractivity contribution < 1.29 is 8.42 Å². The zero-order valence-corrected chi connectivity index (χ0v) is 11.7. The molecule has 5 nitrogen and oxygen atoms in total. The first-order valence-corrected chi connectivity index (χ1v) is 7.64. The van der Waals surface area contributed by atoms with Gasteiger partial charge in [-0.05, 0) is 36.4 Å². The Hall–Kier alpha value is -2.05. The topological polar surface area (TPSA) is 74.8 Å². The second kappa shape index (κ2) is 4.81. The largest absolute Gasteiger partial charge is 0.327 e. The maximum absolute atomic E-state index is 12.2. The lowest BCUT2D eigenvalue weighted by Gasteiger charge is -2.05. The third kappa shape index (κ3) is 2.48. The number of nitrogens with one attached hydrogen (secondary N) is 2. The van der Waals surface area contributed by atoms with E-state index in [4.69, 9.17) is 11.6 Å². The normalized spacial score (nSPS) is 11.7. The van der Waals surface area contributed by atoms with Crippen LogP contribution in [0.1, 0.15) is 0 Å². The summed E-state index contributed by atoms with van der Waals surface area (Å²) in [5.41, 5.74) is 1.70. The van der Waals surface area contributed by atoms with E-state index in [-0.39, 0.29) is 5.16 Å². The van der Waals surface area contributed by atoms with Crippen LogP contribution in [0.5, 0.6) is 0 Å². The van der Waals surface area contributed by atoms with Crippen LogP contribution in [0, 0.1) is 0 Å². The molecular formula is C13H10ClN3O2S. The molecule has 0 unspecified atom stereocenters. The van der Waals surface area contributed by atoms with Gasteiger partial charge in [0.2, 0.25) is 5.16 Å². The molecule has 3 rings (SSSR count). The highest BCUT2D eigenvalue weighted by atomic mass is 35.5. The lowest BCUT2D eigenvalue weighted by molar-refractivity contribution is 0.594. The van der Waals surface area contributed by atoms with Crippen LogP contribution in [0.25, 0.3) is 11.0 Å². The lowest BCUT2D eigenvalue weighted by atomic mass is 10.3. The number of H-pyrrole nitrogens is 1. The van der Waals surface area contributed by atoms with Gasteiger partial charge in [-0.15, -0.1) is 0 Å². The quantitative estimate of drug-likeness (QED) is 0.781. The molecule has 0 spiro atoms. The average Bonchev–Trinajstić information content (AvgIpc) is 2.86. The van der Waals surface area contributed by atoms with Crippen molar-refractivity contribution in [3.05, 3.63) is 53.6 Å². The number of hydrogen-bond donors (Lipinski definition) is 2. The number of sulfonamides is 1. The second-order valence-corrected chi connectivity index (χ2v) is 6.21. The van der Waals surface area contributed by atoms with E-state index < -0.39 is 10.0 Å². The van der Waals surface area contributed by atoms with Gasteiger partial charge < -0.3 is 4.98 Å². The lowest BCUT2D eigenvalue weighted by Crippen LogP contribution is -2.14. The Bertz CT molecular complexity index is 824. The van der Waals surface area contributed by atoms with Crippen LogP contribution in [-0.2, 0) is 10.0 Å². The van der Waals surface area contributed by atoms with Crippen molar-refractivity contribution in [3.8, 4) is 0 Å². The van der Waals surface area contributed by atoms with Crippen molar-refractivity contribution >= 4 is 38.3 Å². The van der Waals surface area contributed by atoms with E-state index in [0.717, 1.165) is 0 Å². The number of para-hydroxylation sites is 2. The standard InChI is InChI=1S/C13H10ClN3O2S/c14-9-5-7-10(8-6-9)17-20(18,19)13-15-11-3-1-2-4-12(11)16-13/h1-8,17H,(H,15,16). The molecule has 1 aromatic heterocycles. The number of nitrogens with zero attached hydrogens (tertiary/aromatic N) is 1. The average molecular weight is 308 g/mol. The number of anilines is 1. The highest BCUT2D eigenvalue weighted by Crippen LogP contribution is 2.19. The Balaban J connectivity index is 1.96. The summed E-state index contributed by atoms with van der Waals surface area (Å²) in [5.74, 6) is 0. The van der Waals surface area contributed by atoms with E-state index in [9.17, 15) is 8.42 Å². The van der Waals surface area contributed by atoms with Gasteiger partial charge in [0.25, 0.3) is 10.0 Å². The second-order valence-electron chi connectivity index (χ2n) is 4.17. The molecule has 0 radical (unpaired) electrons. The summed E-state index contributed by atoms with van der Waals surface area (Å²) < 4.78 is 26.9. The van der Waals surface area contributed by atoms with Gasteiger partial charge in [0.05, 0.1) is 11.0 Å². The van der Waals surface area contributed by atoms with E-state index in [1.165, 1.54) is 0 Å². The van der Waals surface area contributed by atoms with Crippen molar-refractivity contribution in [1.82, 2.24) is 9.97 Å². The van der Waals surface area contributed by atoms with Crippen molar-refractivity contribution in [3.63, 3.8) is 0 Å². The molecule has 0 saturated carbocycles. The highest BCUT2D eigenvalue weighted by Gasteiger charge is 2.18. The van der Waals surface area contributed by atoms with Gasteiger partial charge >= 0.3 is 0 Å². The molecule has 0 bridgehead atoms. The van der Waals surface area contributed by atoms with Gasteiger partial charge in [-0.3, -0.25) is 4.72 Å². The number of aromatic nitrogens is 2. The fourth-order valence-corrected chi connectivity index (χ4v) is 2.91. The molecule has 2 N–H and O–H groups in total. The van der Waals surface area contributed by atoms with Crippen molar-refractivity contribution in [1.29, 1.82) is 0 Å². The van der Waals surface area contributed by atoms with Gasteiger partial charge in [0.1, 0.15) is 0 Å². The molecule has 0 aliphatic carbocycles. The first-order valence-electron chi connectivity index (χ1n) is 5.78. The van der Waals surface area contributed by atoms with Gasteiger partial charge in [-0.2, -0.15) is 8.42 Å². The van der Waals surface area contributed by atoms with Gasteiger partial charge in [-0.25, -0.2) is 4.98 Å². The summed E-state index contributed by atoms with van der Waals surface area (Å²) in [6.45, 7) is 0. The number of halogens is 1. The molecular weight excluding hydrogens is 298 g/mol. The first-order chi connectivity index (χ1) is 9.54. The first kappa shape index (κ1) is 13.0. The Morgan fingerprint density at radius 2 is 1.75 bits per heavy atom. The van der Waals surface area contributed by atoms with Gasteiger partial charge in [0, 0.05) is 10.7 Å². The van der Waals surface area contributed by atoms with Crippen molar-refractivity contribution in [2.24, 2.45) is 0 Å². The van der Waals surface area contributed by atoms with Crippen LogP contribution in [0.4, 0.5) is 5.69 Å². The van der Waals surface area contributed by atoms with E-state index in [0.29, 0.717) is 21.7 Å². The van der Waals surface area contributed by atoms with E-state index >= 15 is 0 Å². The maximum atomic E-state index is 12.2. The number of imidazole rings is 1. The summed E-state index contributed by atoms with van der Waals surface area (Å²) in [7, 11) is -3.75. The third-order valence-corrected chi connectivity index (χ3v) is 4.18. The Kier molecular flexibility index (Phi) is 3.11. The zero-order valence-electron chi connectivity index (χ0n) is 10.2. The van der Waals surface area contributed by atoms with E-state index in [2.05, 4.69) is 14.7 Å². The molecule has 0 atom stereocenters. The zero-order chi connectivity index (χ0) is 14.2. The molecule has 3 aromatic rings. The number of hydrogen-bond acceptors (Lipinski definition) is 3. The third-order valence-electron chi connectivity index (χ3n) is 2.72. The predicted octanol–water partition coefficient (Wildman–Crippen LogP) is 3.02. The smallest absolute Gasteiger partial charge is 0.295 e. The maximum Gasteiger partial charge on any atom is 0.295 e. The summed E-state index contributed by atoms with van der Waals surface area (Å²) in [6.07, 6.45) is 0. The number of rotatable bonds is 3. The highest BCUT2D eigenvalue weighted by molar-refractivity contribution is 7.92. The van der Waals surface area contributed by atoms with E-state index in [1.54, 1.807) is 42.5 Å². The number of aromatic amines is 1. The van der Waals surface area contributed by atoms with Gasteiger partial charge in [-0.1, -0.05) is 23.7 Å². The summed E-state index contributed by atoms with van der Waals surface area (Å²) in [5, 5.41) is 0.422.